The molecule has 0 aliphatic carbocycles. The molecular formula is C38H66N2. The first-order chi connectivity index (χ1) is 19.8. The van der Waals surface area contributed by atoms with Crippen molar-refractivity contribution >= 4 is 0 Å². The van der Waals surface area contributed by atoms with Gasteiger partial charge in [0, 0.05) is 18.4 Å². The van der Waals surface area contributed by atoms with E-state index in [1.54, 1.807) is 0 Å². The van der Waals surface area contributed by atoms with Gasteiger partial charge in [0.1, 0.15) is 0 Å². The fraction of sp³-hybridized carbons (Fsp3) is 0.763. The second-order valence-electron chi connectivity index (χ2n) is 12.7. The fourth-order valence-electron chi connectivity index (χ4n) is 6.53. The van der Waals surface area contributed by atoms with Crippen LogP contribution in [0, 0.1) is 5.92 Å². The van der Waals surface area contributed by atoms with Crippen molar-refractivity contribution < 1.29 is 0 Å². The Labute approximate surface area is 250 Å². The van der Waals surface area contributed by atoms with Gasteiger partial charge in [0.05, 0.1) is 6.33 Å². The standard InChI is InChI=1S/C38H66N2/c1-3-5-7-9-11-12-13-14-15-16-17-18-19-20-21-26-30-37(34-36-28-24-23-25-29-36)38(40-33-32-39-35-40)31-27-22-10-8-6-4-2/h23-25,28-29,32-33,35,37-38H,3-22,26-27,30-31,34H2,1-2H3. The third-order valence-corrected chi connectivity index (χ3v) is 9.07. The quantitative estimate of drug-likeness (QED) is 0.0963. The maximum atomic E-state index is 4.44. The van der Waals surface area contributed by atoms with E-state index in [4.69, 9.17) is 0 Å². The SMILES string of the molecule is CCCCCCCCCCCCCCCCCCC(Cc1ccccc1)C(CCCCCCCC)n1ccnc1. The van der Waals surface area contributed by atoms with Gasteiger partial charge in [0.15, 0.2) is 0 Å². The summed E-state index contributed by atoms with van der Waals surface area (Å²) in [5, 5.41) is 0. The molecule has 0 spiro atoms. The van der Waals surface area contributed by atoms with Crippen LogP contribution in [-0.2, 0) is 6.42 Å². The molecule has 2 heteroatoms. The summed E-state index contributed by atoms with van der Waals surface area (Å²) >= 11 is 0. The Morgan fingerprint density at radius 1 is 0.550 bits per heavy atom. The Morgan fingerprint density at radius 3 is 1.45 bits per heavy atom. The highest BCUT2D eigenvalue weighted by atomic mass is 15.1. The van der Waals surface area contributed by atoms with E-state index in [1.807, 2.05) is 6.20 Å². The number of aromatic nitrogens is 2. The van der Waals surface area contributed by atoms with E-state index in [-0.39, 0.29) is 0 Å². The van der Waals surface area contributed by atoms with E-state index >= 15 is 0 Å². The van der Waals surface area contributed by atoms with Gasteiger partial charge in [-0.3, -0.25) is 0 Å². The van der Waals surface area contributed by atoms with Crippen LogP contribution in [0.15, 0.2) is 49.1 Å². The summed E-state index contributed by atoms with van der Waals surface area (Å²) in [6.07, 6.45) is 41.3. The van der Waals surface area contributed by atoms with E-state index in [1.165, 1.54) is 166 Å². The van der Waals surface area contributed by atoms with E-state index in [0.29, 0.717) is 12.0 Å². The molecule has 0 N–H and O–H groups in total. The van der Waals surface area contributed by atoms with E-state index in [2.05, 4.69) is 66.3 Å². The zero-order chi connectivity index (χ0) is 28.4. The highest BCUT2D eigenvalue weighted by Crippen LogP contribution is 2.32. The van der Waals surface area contributed by atoms with Gasteiger partial charge in [-0.1, -0.05) is 185 Å². The molecule has 0 bridgehead atoms. The van der Waals surface area contributed by atoms with Crippen molar-refractivity contribution in [3.63, 3.8) is 0 Å². The van der Waals surface area contributed by atoms with Gasteiger partial charge in [-0.2, -0.15) is 0 Å². The van der Waals surface area contributed by atoms with Crippen LogP contribution < -0.4 is 0 Å². The first-order valence-corrected chi connectivity index (χ1v) is 17.9. The number of nitrogens with zero attached hydrogens (tertiary/aromatic N) is 2. The molecule has 0 fully saturated rings. The molecule has 0 aliphatic rings. The van der Waals surface area contributed by atoms with Crippen LogP contribution in [0.4, 0.5) is 0 Å². The predicted molar refractivity (Wildman–Crippen MR) is 177 cm³/mol. The summed E-state index contributed by atoms with van der Waals surface area (Å²) in [4.78, 5) is 4.44. The van der Waals surface area contributed by atoms with Crippen LogP contribution in [-0.4, -0.2) is 9.55 Å². The van der Waals surface area contributed by atoms with Gasteiger partial charge < -0.3 is 4.57 Å². The third kappa shape index (κ3) is 17.3. The van der Waals surface area contributed by atoms with Gasteiger partial charge in [-0.15, -0.1) is 0 Å². The average molecular weight is 551 g/mol. The Morgan fingerprint density at radius 2 is 1.00 bits per heavy atom. The summed E-state index contributed by atoms with van der Waals surface area (Å²) in [5.74, 6) is 0.693. The lowest BCUT2D eigenvalue weighted by molar-refractivity contribution is 0.275. The maximum absolute atomic E-state index is 4.44. The molecule has 2 rings (SSSR count). The van der Waals surface area contributed by atoms with E-state index < -0.39 is 0 Å². The van der Waals surface area contributed by atoms with E-state index in [9.17, 15) is 0 Å². The topological polar surface area (TPSA) is 17.8 Å². The molecule has 0 radical (unpaired) electrons. The fourth-order valence-corrected chi connectivity index (χ4v) is 6.53. The molecule has 1 aromatic heterocycles. The zero-order valence-electron chi connectivity index (χ0n) is 26.8. The lowest BCUT2D eigenvalue weighted by Gasteiger charge is -2.29. The number of benzene rings is 1. The molecule has 40 heavy (non-hydrogen) atoms. The highest BCUT2D eigenvalue weighted by Gasteiger charge is 2.23. The van der Waals surface area contributed by atoms with Crippen molar-refractivity contribution in [2.24, 2.45) is 5.92 Å². The third-order valence-electron chi connectivity index (χ3n) is 9.07. The second-order valence-corrected chi connectivity index (χ2v) is 12.7. The van der Waals surface area contributed by atoms with Gasteiger partial charge in [-0.25, -0.2) is 4.98 Å². The summed E-state index contributed by atoms with van der Waals surface area (Å²) in [6.45, 7) is 4.61. The zero-order valence-corrected chi connectivity index (χ0v) is 26.8. The Balaban J connectivity index is 1.66. The molecule has 0 aliphatic heterocycles. The maximum Gasteiger partial charge on any atom is 0.0948 e. The molecule has 1 heterocycles. The van der Waals surface area contributed by atoms with Crippen LogP contribution >= 0.6 is 0 Å². The number of hydrogen-bond donors (Lipinski definition) is 0. The van der Waals surface area contributed by atoms with Gasteiger partial charge in [0.25, 0.3) is 0 Å². The summed E-state index contributed by atoms with van der Waals surface area (Å²) in [7, 11) is 0. The Kier molecular flexibility index (Phi) is 21.8. The highest BCUT2D eigenvalue weighted by molar-refractivity contribution is 5.15. The summed E-state index contributed by atoms with van der Waals surface area (Å²) in [6, 6.07) is 11.8. The second kappa shape index (κ2) is 25.2. The van der Waals surface area contributed by atoms with Crippen LogP contribution in [0.5, 0.6) is 0 Å². The van der Waals surface area contributed by atoms with Gasteiger partial charge in [-0.05, 0) is 30.7 Å². The molecule has 2 atom stereocenters. The summed E-state index contributed by atoms with van der Waals surface area (Å²) < 4.78 is 2.44. The largest absolute Gasteiger partial charge is 0.334 e. The van der Waals surface area contributed by atoms with Crippen LogP contribution in [0.3, 0.4) is 0 Å². The Hall–Kier alpha value is -1.57. The number of hydrogen-bond acceptors (Lipinski definition) is 1. The van der Waals surface area contributed by atoms with Crippen molar-refractivity contribution in [1.29, 1.82) is 0 Å². The molecular weight excluding hydrogens is 484 g/mol. The van der Waals surface area contributed by atoms with Crippen molar-refractivity contribution in [2.45, 2.75) is 180 Å². The van der Waals surface area contributed by atoms with Gasteiger partial charge >= 0.3 is 0 Å². The molecule has 0 amide bonds. The van der Waals surface area contributed by atoms with Crippen LogP contribution in [0.25, 0.3) is 0 Å². The monoisotopic (exact) mass is 551 g/mol. The normalized spacial score (nSPS) is 13.1. The molecule has 2 unspecified atom stereocenters. The van der Waals surface area contributed by atoms with E-state index in [0.717, 1.165) is 0 Å². The van der Waals surface area contributed by atoms with Crippen molar-refractivity contribution in [3.05, 3.63) is 54.6 Å². The molecule has 2 nitrogen and oxygen atoms in total. The van der Waals surface area contributed by atoms with Crippen LogP contribution in [0.1, 0.15) is 180 Å². The minimum Gasteiger partial charge on any atom is -0.334 e. The number of imidazole rings is 1. The Bertz CT molecular complexity index is 753. The molecule has 228 valence electrons. The first kappa shape index (κ1) is 34.6. The minimum absolute atomic E-state index is 0.574. The number of rotatable bonds is 28. The predicted octanol–water partition coefficient (Wildman–Crippen LogP) is 12.7. The summed E-state index contributed by atoms with van der Waals surface area (Å²) in [5.41, 5.74) is 1.50. The number of unbranched alkanes of at least 4 members (excludes halogenated alkanes) is 20. The average Bonchev–Trinajstić information content (AvgIpc) is 3.51. The molecule has 0 saturated heterocycles. The molecule has 0 saturated carbocycles. The van der Waals surface area contributed by atoms with Gasteiger partial charge in [0.2, 0.25) is 0 Å². The lowest BCUT2D eigenvalue weighted by Crippen LogP contribution is -2.21. The first-order valence-electron chi connectivity index (χ1n) is 17.9. The molecule has 2 aromatic rings. The van der Waals surface area contributed by atoms with Crippen molar-refractivity contribution in [3.8, 4) is 0 Å². The lowest BCUT2D eigenvalue weighted by atomic mass is 9.84. The smallest absolute Gasteiger partial charge is 0.0948 e. The van der Waals surface area contributed by atoms with Crippen LogP contribution in [0.2, 0.25) is 0 Å². The minimum atomic E-state index is 0.574. The molecule has 1 aromatic carbocycles. The van der Waals surface area contributed by atoms with Crippen molar-refractivity contribution in [1.82, 2.24) is 9.55 Å². The van der Waals surface area contributed by atoms with Crippen molar-refractivity contribution in [2.75, 3.05) is 0 Å².